The van der Waals surface area contributed by atoms with E-state index in [0.29, 0.717) is 28.6 Å². The molecule has 0 atom stereocenters. The zero-order valence-electron chi connectivity index (χ0n) is 20.4. The minimum absolute atomic E-state index is 0.0131. The van der Waals surface area contributed by atoms with Gasteiger partial charge in [-0.25, -0.2) is 0 Å². The van der Waals surface area contributed by atoms with E-state index < -0.39 is 0 Å². The zero-order chi connectivity index (χ0) is 26.2. The summed E-state index contributed by atoms with van der Waals surface area (Å²) >= 11 is 12.0. The van der Waals surface area contributed by atoms with Crippen LogP contribution in [0.25, 0.3) is 17.0 Å². The highest BCUT2D eigenvalue weighted by Gasteiger charge is 2.06. The lowest BCUT2D eigenvalue weighted by molar-refractivity contribution is -0.113. The number of halogens is 2. The van der Waals surface area contributed by atoms with E-state index in [1.54, 1.807) is 36.7 Å². The van der Waals surface area contributed by atoms with Crippen LogP contribution in [0, 0.1) is 6.92 Å². The molecule has 1 aromatic heterocycles. The molecule has 1 heterocycles. The molecule has 0 fully saturated rings. The van der Waals surface area contributed by atoms with Crippen LogP contribution in [0.3, 0.4) is 0 Å². The summed E-state index contributed by atoms with van der Waals surface area (Å²) in [6.45, 7) is 3.16. The lowest BCUT2D eigenvalue weighted by atomic mass is 10.0. The third kappa shape index (κ3) is 7.42. The van der Waals surface area contributed by atoms with E-state index in [4.69, 9.17) is 23.2 Å². The molecule has 188 valence electrons. The number of carbonyl (C=O) groups excluding carboxylic acids is 1. The number of aryl methyl sites for hydroxylation is 1. The van der Waals surface area contributed by atoms with E-state index >= 15 is 0 Å². The molecule has 2 N–H and O–H groups in total. The van der Waals surface area contributed by atoms with Gasteiger partial charge in [0.15, 0.2) is 5.78 Å². The molecule has 37 heavy (non-hydrogen) atoms. The van der Waals surface area contributed by atoms with Gasteiger partial charge in [-0.3, -0.25) is 14.8 Å². The number of hydrogen-bond donors (Lipinski definition) is 2. The lowest BCUT2D eigenvalue weighted by Gasteiger charge is -2.09. The first-order chi connectivity index (χ1) is 17.9. The summed E-state index contributed by atoms with van der Waals surface area (Å²) in [7, 11) is 0. The summed E-state index contributed by atoms with van der Waals surface area (Å²) in [5.41, 5.74) is 4.93. The summed E-state index contributed by atoms with van der Waals surface area (Å²) in [4.78, 5) is 21.2. The third-order valence-corrected chi connectivity index (χ3v) is 6.31. The number of nitrogens with zero attached hydrogens (tertiary/aromatic N) is 2. The average Bonchev–Trinajstić information content (AvgIpc) is 2.88. The topological polar surface area (TPSA) is 74.6 Å². The number of aromatic hydroxyl groups is 1. The maximum Gasteiger partial charge on any atom is 0.160 e. The van der Waals surface area contributed by atoms with Crippen LogP contribution in [0.15, 0.2) is 77.9 Å². The fraction of sp³-hybridized carbons (Fsp3) is 0.167. The van der Waals surface area contributed by atoms with Crippen molar-refractivity contribution in [3.8, 4) is 5.75 Å². The predicted molar refractivity (Wildman–Crippen MR) is 154 cm³/mol. The number of hydrogen-bond acceptors (Lipinski definition) is 5. The van der Waals surface area contributed by atoms with Crippen LogP contribution < -0.4 is 5.32 Å². The third-order valence-electron chi connectivity index (χ3n) is 5.82. The highest BCUT2D eigenvalue weighted by Crippen LogP contribution is 2.25. The number of benzene rings is 3. The van der Waals surface area contributed by atoms with Crippen LogP contribution in [0.1, 0.15) is 28.7 Å². The van der Waals surface area contributed by atoms with E-state index in [-0.39, 0.29) is 11.5 Å². The quantitative estimate of drug-likeness (QED) is 0.128. The van der Waals surface area contributed by atoms with Crippen molar-refractivity contribution in [1.29, 1.82) is 0 Å². The second-order valence-electron chi connectivity index (χ2n) is 8.71. The molecule has 0 unspecified atom stereocenters. The Bertz CT molecular complexity index is 1460. The normalized spacial score (nSPS) is 11.5. The number of ketones is 1. The SMILES string of the molecule is Cc1cc(/C=C/C(=O)Cc2ccc(Cl)cc2)cc(C=NCCCNc2ccnc3cc(Cl)ccc23)c1O. The van der Waals surface area contributed by atoms with Crippen molar-refractivity contribution in [3.63, 3.8) is 0 Å². The molecule has 5 nitrogen and oxygen atoms in total. The number of carbonyl (C=O) groups is 1. The van der Waals surface area contributed by atoms with Gasteiger partial charge < -0.3 is 10.4 Å². The molecule has 0 radical (unpaired) electrons. The Balaban J connectivity index is 1.32. The molecule has 4 rings (SSSR count). The van der Waals surface area contributed by atoms with Crippen molar-refractivity contribution in [2.24, 2.45) is 4.99 Å². The molecule has 0 saturated heterocycles. The first-order valence-corrected chi connectivity index (χ1v) is 12.7. The molecule has 0 spiro atoms. The zero-order valence-corrected chi connectivity index (χ0v) is 21.9. The average molecular weight is 532 g/mol. The number of anilines is 1. The summed E-state index contributed by atoms with van der Waals surface area (Å²) in [6, 6.07) is 18.5. The minimum Gasteiger partial charge on any atom is -0.507 e. The van der Waals surface area contributed by atoms with Crippen LogP contribution in [0.5, 0.6) is 5.75 Å². The molecule has 0 aliphatic rings. The van der Waals surface area contributed by atoms with Gasteiger partial charge in [0.25, 0.3) is 0 Å². The van der Waals surface area contributed by atoms with Crippen molar-refractivity contribution in [2.75, 3.05) is 18.4 Å². The number of aromatic nitrogens is 1. The van der Waals surface area contributed by atoms with Crippen molar-refractivity contribution in [3.05, 3.63) is 105 Å². The smallest absolute Gasteiger partial charge is 0.160 e. The number of nitrogens with one attached hydrogen (secondary N) is 1. The van der Waals surface area contributed by atoms with Crippen LogP contribution in [0.4, 0.5) is 5.69 Å². The first kappa shape index (κ1) is 26.4. The molecule has 0 bridgehead atoms. The number of aliphatic imine (C=N–C) groups is 1. The van der Waals surface area contributed by atoms with E-state index in [0.717, 1.165) is 46.2 Å². The monoisotopic (exact) mass is 531 g/mol. The standard InChI is InChI=1S/C30H27Cl2N3O2/c1-20-15-22(5-9-26(36)17-21-3-6-24(31)7-4-21)16-23(30(20)37)19-33-12-2-13-34-28-11-14-35-29-18-25(32)8-10-27(28)29/h3-11,14-16,18-19,37H,2,12-13,17H2,1H3,(H,34,35)/b9-5+,33-19?. The Morgan fingerprint density at radius 2 is 1.84 bits per heavy atom. The van der Waals surface area contributed by atoms with Crippen LogP contribution in [0.2, 0.25) is 10.0 Å². The number of allylic oxidation sites excluding steroid dienone is 1. The summed E-state index contributed by atoms with van der Waals surface area (Å²) in [6.07, 6.45) is 7.88. The molecule has 7 heteroatoms. The van der Waals surface area contributed by atoms with Crippen molar-refractivity contribution >= 4 is 57.9 Å². The van der Waals surface area contributed by atoms with Crippen LogP contribution in [-0.4, -0.2) is 35.2 Å². The van der Waals surface area contributed by atoms with Gasteiger partial charge in [0, 0.05) is 58.6 Å². The number of rotatable bonds is 10. The second kappa shape index (κ2) is 12.5. The van der Waals surface area contributed by atoms with Gasteiger partial charge in [0.1, 0.15) is 5.75 Å². The van der Waals surface area contributed by atoms with Gasteiger partial charge >= 0.3 is 0 Å². The Morgan fingerprint density at radius 1 is 1.05 bits per heavy atom. The van der Waals surface area contributed by atoms with E-state index in [1.165, 1.54) is 0 Å². The fourth-order valence-corrected chi connectivity index (χ4v) is 4.21. The van der Waals surface area contributed by atoms with Crippen LogP contribution >= 0.6 is 23.2 Å². The molecule has 4 aromatic rings. The number of phenolic OH excluding ortho intramolecular Hbond substituents is 1. The van der Waals surface area contributed by atoms with Gasteiger partial charge in [-0.2, -0.15) is 0 Å². The molecule has 0 aliphatic carbocycles. The van der Waals surface area contributed by atoms with E-state index in [2.05, 4.69) is 15.3 Å². The Kier molecular flexibility index (Phi) is 8.94. The van der Waals surface area contributed by atoms with Gasteiger partial charge in [0.05, 0.1) is 5.52 Å². The predicted octanol–water partition coefficient (Wildman–Crippen LogP) is 7.30. The number of fused-ring (bicyclic) bond motifs is 1. The van der Waals surface area contributed by atoms with E-state index in [1.807, 2.05) is 55.5 Å². The molecular weight excluding hydrogens is 505 g/mol. The fourth-order valence-electron chi connectivity index (χ4n) is 3.91. The molecule has 0 amide bonds. The summed E-state index contributed by atoms with van der Waals surface area (Å²) in [5, 5.41) is 16.2. The highest BCUT2D eigenvalue weighted by molar-refractivity contribution is 6.31. The second-order valence-corrected chi connectivity index (χ2v) is 9.59. The van der Waals surface area contributed by atoms with Crippen molar-refractivity contribution in [1.82, 2.24) is 4.98 Å². The van der Waals surface area contributed by atoms with Gasteiger partial charge in [-0.05, 0) is 84.6 Å². The number of pyridine rings is 1. The van der Waals surface area contributed by atoms with Gasteiger partial charge in [-0.15, -0.1) is 0 Å². The van der Waals surface area contributed by atoms with Crippen LogP contribution in [-0.2, 0) is 11.2 Å². The van der Waals surface area contributed by atoms with Gasteiger partial charge in [0.2, 0.25) is 0 Å². The maximum atomic E-state index is 12.4. The number of phenols is 1. The Morgan fingerprint density at radius 3 is 2.65 bits per heavy atom. The summed E-state index contributed by atoms with van der Waals surface area (Å²) in [5.74, 6) is 0.175. The van der Waals surface area contributed by atoms with Crippen molar-refractivity contribution in [2.45, 2.75) is 19.8 Å². The van der Waals surface area contributed by atoms with Gasteiger partial charge in [-0.1, -0.05) is 41.4 Å². The largest absolute Gasteiger partial charge is 0.507 e. The highest BCUT2D eigenvalue weighted by atomic mass is 35.5. The molecule has 3 aromatic carbocycles. The molecule has 0 aliphatic heterocycles. The van der Waals surface area contributed by atoms with Crippen molar-refractivity contribution < 1.29 is 9.90 Å². The Hall–Kier alpha value is -3.67. The van der Waals surface area contributed by atoms with E-state index in [9.17, 15) is 9.90 Å². The summed E-state index contributed by atoms with van der Waals surface area (Å²) < 4.78 is 0. The first-order valence-electron chi connectivity index (χ1n) is 12.0. The molecule has 0 saturated carbocycles. The Labute approximate surface area is 226 Å². The lowest BCUT2D eigenvalue weighted by Crippen LogP contribution is -2.04. The molecular formula is C30H27Cl2N3O2. The maximum absolute atomic E-state index is 12.4. The minimum atomic E-state index is -0.0131.